The van der Waals surface area contributed by atoms with Gasteiger partial charge in [0, 0.05) is 6.42 Å². The lowest BCUT2D eigenvalue weighted by Gasteiger charge is -2.19. The summed E-state index contributed by atoms with van der Waals surface area (Å²) in [5.41, 5.74) is 2.71. The van der Waals surface area contributed by atoms with E-state index >= 15 is 0 Å². The maximum Gasteiger partial charge on any atom is 0.220 e. The minimum atomic E-state index is 0.209. The number of carbonyl (C=O) groups is 1. The molecule has 1 amide bonds. The molecule has 0 saturated carbocycles. The average molecular weight is 272 g/mol. The Bertz CT molecular complexity index is 480. The maximum atomic E-state index is 12.2. The molecular weight excluding hydrogens is 248 g/mol. The van der Waals surface area contributed by atoms with Crippen LogP contribution in [0.5, 0.6) is 0 Å². The predicted octanol–water partition coefficient (Wildman–Crippen LogP) is 2.43. The summed E-state index contributed by atoms with van der Waals surface area (Å²) in [4.78, 5) is 12.2. The number of fused-ring (bicyclic) bond motifs is 1. The molecule has 2 aliphatic rings. The summed E-state index contributed by atoms with van der Waals surface area (Å²) in [6.07, 6.45) is 3.98. The molecule has 3 nitrogen and oxygen atoms in total. The highest BCUT2D eigenvalue weighted by molar-refractivity contribution is 5.76. The highest BCUT2D eigenvalue weighted by atomic mass is 16.1. The first-order valence-electron chi connectivity index (χ1n) is 7.82. The van der Waals surface area contributed by atoms with E-state index in [9.17, 15) is 4.79 Å². The third-order valence-corrected chi connectivity index (χ3v) is 4.76. The van der Waals surface area contributed by atoms with E-state index in [0.29, 0.717) is 18.3 Å². The fourth-order valence-electron chi connectivity index (χ4n) is 3.56. The van der Waals surface area contributed by atoms with Crippen LogP contribution in [0.1, 0.15) is 43.4 Å². The molecule has 3 heteroatoms. The third kappa shape index (κ3) is 2.88. The normalized spacial score (nSPS) is 28.4. The summed E-state index contributed by atoms with van der Waals surface area (Å²) in [6.45, 7) is 4.42. The topological polar surface area (TPSA) is 41.1 Å². The van der Waals surface area contributed by atoms with Gasteiger partial charge in [-0.3, -0.25) is 4.79 Å². The van der Waals surface area contributed by atoms with Gasteiger partial charge in [0.2, 0.25) is 5.91 Å². The Morgan fingerprint density at radius 1 is 1.40 bits per heavy atom. The van der Waals surface area contributed by atoms with Crippen molar-refractivity contribution in [2.45, 2.75) is 38.6 Å². The monoisotopic (exact) mass is 272 g/mol. The van der Waals surface area contributed by atoms with Crippen molar-refractivity contribution in [3.63, 3.8) is 0 Å². The minimum absolute atomic E-state index is 0.209. The number of nitrogens with one attached hydrogen (secondary N) is 2. The molecule has 3 unspecified atom stereocenters. The van der Waals surface area contributed by atoms with E-state index in [1.54, 1.807) is 0 Å². The second-order valence-corrected chi connectivity index (χ2v) is 6.32. The predicted molar refractivity (Wildman–Crippen MR) is 80.4 cm³/mol. The highest BCUT2D eigenvalue weighted by Crippen LogP contribution is 2.35. The standard InChI is InChI=1S/C17H24N2O/c1-12-10-14-4-2-3-5-15(14)17(12)19-16(20)7-6-13-8-9-18-11-13/h2-5,12-13,17-18H,6-11H2,1H3,(H,19,20). The minimum Gasteiger partial charge on any atom is -0.349 e. The van der Waals surface area contributed by atoms with Gasteiger partial charge >= 0.3 is 0 Å². The van der Waals surface area contributed by atoms with Gasteiger partial charge in [0.05, 0.1) is 6.04 Å². The van der Waals surface area contributed by atoms with Crippen molar-refractivity contribution in [3.05, 3.63) is 35.4 Å². The first-order valence-corrected chi connectivity index (χ1v) is 7.82. The Hall–Kier alpha value is -1.35. The molecule has 1 aromatic rings. The molecule has 1 saturated heterocycles. The third-order valence-electron chi connectivity index (χ3n) is 4.76. The first-order chi connectivity index (χ1) is 9.74. The van der Waals surface area contributed by atoms with Gasteiger partial charge in [-0.05, 0) is 55.3 Å². The van der Waals surface area contributed by atoms with Crippen LogP contribution in [0.3, 0.4) is 0 Å². The zero-order valence-electron chi connectivity index (χ0n) is 12.2. The Morgan fingerprint density at radius 2 is 2.25 bits per heavy atom. The Labute approximate surface area is 121 Å². The van der Waals surface area contributed by atoms with Crippen molar-refractivity contribution < 1.29 is 4.79 Å². The van der Waals surface area contributed by atoms with E-state index in [1.807, 2.05) is 0 Å². The van der Waals surface area contributed by atoms with Gasteiger partial charge in [-0.15, -0.1) is 0 Å². The van der Waals surface area contributed by atoms with E-state index in [0.717, 1.165) is 25.9 Å². The van der Waals surface area contributed by atoms with Crippen LogP contribution in [0, 0.1) is 11.8 Å². The largest absolute Gasteiger partial charge is 0.349 e. The number of hydrogen-bond donors (Lipinski definition) is 2. The quantitative estimate of drug-likeness (QED) is 0.884. The van der Waals surface area contributed by atoms with Crippen molar-refractivity contribution >= 4 is 5.91 Å². The molecule has 0 radical (unpaired) electrons. The van der Waals surface area contributed by atoms with Gasteiger partial charge < -0.3 is 10.6 Å². The van der Waals surface area contributed by atoms with Crippen molar-refractivity contribution in [1.29, 1.82) is 0 Å². The molecule has 0 aromatic heterocycles. The van der Waals surface area contributed by atoms with E-state index in [1.165, 1.54) is 17.5 Å². The highest BCUT2D eigenvalue weighted by Gasteiger charge is 2.30. The molecule has 3 atom stereocenters. The van der Waals surface area contributed by atoms with Gasteiger partial charge in [-0.1, -0.05) is 31.2 Å². The molecule has 1 fully saturated rings. The van der Waals surface area contributed by atoms with Crippen LogP contribution in [-0.4, -0.2) is 19.0 Å². The number of benzene rings is 1. The molecule has 3 rings (SSSR count). The summed E-state index contributed by atoms with van der Waals surface area (Å²) in [7, 11) is 0. The van der Waals surface area contributed by atoms with Gasteiger partial charge in [0.15, 0.2) is 0 Å². The van der Waals surface area contributed by atoms with Crippen molar-refractivity contribution in [2.75, 3.05) is 13.1 Å². The second kappa shape index (κ2) is 5.96. The molecule has 1 aliphatic heterocycles. The zero-order valence-corrected chi connectivity index (χ0v) is 12.2. The van der Waals surface area contributed by atoms with Crippen LogP contribution in [0.15, 0.2) is 24.3 Å². The number of rotatable bonds is 4. The Balaban J connectivity index is 1.55. The van der Waals surface area contributed by atoms with Crippen molar-refractivity contribution in [1.82, 2.24) is 10.6 Å². The summed E-state index contributed by atoms with van der Waals surface area (Å²) in [6, 6.07) is 8.70. The lowest BCUT2D eigenvalue weighted by atomic mass is 10.0. The van der Waals surface area contributed by atoms with E-state index in [4.69, 9.17) is 0 Å². The average Bonchev–Trinajstić information content (AvgIpc) is 3.06. The molecule has 1 aliphatic carbocycles. The molecule has 2 N–H and O–H groups in total. The molecule has 0 bridgehead atoms. The van der Waals surface area contributed by atoms with Crippen LogP contribution in [0.25, 0.3) is 0 Å². The first kappa shape index (κ1) is 13.6. The fraction of sp³-hybridized carbons (Fsp3) is 0.588. The number of hydrogen-bond acceptors (Lipinski definition) is 2. The lowest BCUT2D eigenvalue weighted by molar-refractivity contribution is -0.122. The van der Waals surface area contributed by atoms with Crippen LogP contribution in [0.4, 0.5) is 0 Å². The number of carbonyl (C=O) groups excluding carboxylic acids is 1. The van der Waals surface area contributed by atoms with E-state index in [-0.39, 0.29) is 11.9 Å². The van der Waals surface area contributed by atoms with Crippen molar-refractivity contribution in [2.24, 2.45) is 11.8 Å². The van der Waals surface area contributed by atoms with Crippen LogP contribution in [-0.2, 0) is 11.2 Å². The summed E-state index contributed by atoms with van der Waals surface area (Å²) in [5.74, 6) is 1.41. The van der Waals surface area contributed by atoms with Gasteiger partial charge in [-0.25, -0.2) is 0 Å². The summed E-state index contributed by atoms with van der Waals surface area (Å²) >= 11 is 0. The van der Waals surface area contributed by atoms with Crippen LogP contribution < -0.4 is 10.6 Å². The summed E-state index contributed by atoms with van der Waals surface area (Å²) < 4.78 is 0. The smallest absolute Gasteiger partial charge is 0.220 e. The van der Waals surface area contributed by atoms with E-state index < -0.39 is 0 Å². The second-order valence-electron chi connectivity index (χ2n) is 6.32. The molecule has 20 heavy (non-hydrogen) atoms. The molecule has 0 spiro atoms. The van der Waals surface area contributed by atoms with Gasteiger partial charge in [0.25, 0.3) is 0 Å². The maximum absolute atomic E-state index is 12.2. The fourth-order valence-corrected chi connectivity index (χ4v) is 3.56. The Morgan fingerprint density at radius 3 is 3.05 bits per heavy atom. The SMILES string of the molecule is CC1Cc2ccccc2C1NC(=O)CCC1CCNC1. The molecular formula is C17H24N2O. The summed E-state index contributed by atoms with van der Waals surface area (Å²) in [5, 5.41) is 6.61. The van der Waals surface area contributed by atoms with Crippen LogP contribution in [0.2, 0.25) is 0 Å². The molecule has 1 aromatic carbocycles. The molecule has 1 heterocycles. The zero-order chi connectivity index (χ0) is 13.9. The van der Waals surface area contributed by atoms with Crippen LogP contribution >= 0.6 is 0 Å². The number of amides is 1. The lowest BCUT2D eigenvalue weighted by Crippen LogP contribution is -2.30. The van der Waals surface area contributed by atoms with E-state index in [2.05, 4.69) is 41.8 Å². The van der Waals surface area contributed by atoms with Gasteiger partial charge in [-0.2, -0.15) is 0 Å². The van der Waals surface area contributed by atoms with Crippen molar-refractivity contribution in [3.8, 4) is 0 Å². The molecule has 108 valence electrons. The Kier molecular flexibility index (Phi) is 4.06. The van der Waals surface area contributed by atoms with Gasteiger partial charge in [0.1, 0.15) is 0 Å².